The molecule has 0 atom stereocenters. The Labute approximate surface area is 575 Å². The summed E-state index contributed by atoms with van der Waals surface area (Å²) in [6.45, 7) is 7.79. The zero-order valence-corrected chi connectivity index (χ0v) is 56.1. The average molecular weight is 1460 g/mol. The van der Waals surface area contributed by atoms with Crippen LogP contribution in [0.3, 0.4) is 0 Å². The minimum atomic E-state index is -3.22. The predicted octanol–water partition coefficient (Wildman–Crippen LogP) is 11.9. The van der Waals surface area contributed by atoms with Crippen molar-refractivity contribution in [2.75, 3.05) is 26.4 Å². The lowest BCUT2D eigenvalue weighted by molar-refractivity contribution is 0.0508. The number of carboxylic acid groups (broad SMARTS) is 1. The standard InChI is InChI=1S/2C11H9ClN2O2.2C11H10N2O3.C9H6ClN3O.C9H6N2O3.Cl3OP/c2*1-2-16-11(15)9-10(12)14-8-6-4-3-5-7(8)13-9;2*1-2-16-11(15)9-10(14)13-8-6-4-3-5-7(8)12-9;10-8-7(9(11)14)12-5-3-1-2-4-6(5)13-8;12-8-7(9(13)14)10-5-3-1-2-4-6(5)11-8;1-5(2,3)4/h2*3-6H,2H2,1H3;2*3-6H,2H2,1H3,(H,13,14);1-4H,(H2,11,14);1-4H,(H,11,12)(H,13,14);. The molecular formula is C62H50Cl6N13O15P. The summed E-state index contributed by atoms with van der Waals surface area (Å²) in [5, 5.41) is 5.59. The van der Waals surface area contributed by atoms with Crippen LogP contribution in [0.1, 0.15) is 90.6 Å². The molecule has 0 saturated carbocycles. The number of carbonyl (C=O) groups excluding carboxylic acids is 5. The van der Waals surface area contributed by atoms with Gasteiger partial charge in [0.15, 0.2) is 32.5 Å². The molecule has 35 heteroatoms. The molecule has 0 spiro atoms. The number of aromatic nitrogens is 12. The van der Waals surface area contributed by atoms with Gasteiger partial charge in [0, 0.05) is 0 Å². The van der Waals surface area contributed by atoms with E-state index in [9.17, 15) is 47.7 Å². The molecule has 6 aromatic carbocycles. The van der Waals surface area contributed by atoms with Crippen LogP contribution in [0.4, 0.5) is 0 Å². The highest BCUT2D eigenvalue weighted by atomic mass is 36.0. The van der Waals surface area contributed by atoms with Crippen LogP contribution in [-0.4, -0.2) is 127 Å². The van der Waals surface area contributed by atoms with Crippen LogP contribution in [0.15, 0.2) is 160 Å². The SMILES string of the molecule is CCOC(=O)c1nc2ccccc2[nH]c1=O.CCOC(=O)c1nc2ccccc2[nH]c1=O.CCOC(=O)c1nc2ccccc2nc1Cl.CCOC(=O)c1nc2ccccc2nc1Cl.NC(=O)c1nc2ccccc2nc1Cl.O=C(O)c1nc2ccccc2[nH]c1=O.O=P(Cl)(Cl)Cl. The lowest BCUT2D eigenvalue weighted by Gasteiger charge is -2.04. The molecule has 97 heavy (non-hydrogen) atoms. The average Bonchev–Trinajstić information content (AvgIpc) is 0.875. The Morgan fingerprint density at radius 2 is 0.577 bits per heavy atom. The molecule has 6 aromatic heterocycles. The second-order valence-corrected chi connectivity index (χ2v) is 26.0. The minimum Gasteiger partial charge on any atom is -0.476 e. The predicted molar refractivity (Wildman–Crippen MR) is 365 cm³/mol. The van der Waals surface area contributed by atoms with E-state index < -0.39 is 63.3 Å². The summed E-state index contributed by atoms with van der Waals surface area (Å²) < 4.78 is 28.6. The number of primary amides is 1. The number of carboxylic acids is 1. The number of ether oxygens (including phenoxy) is 4. The van der Waals surface area contributed by atoms with E-state index in [4.69, 9.17) is 64.6 Å². The first-order valence-corrected chi connectivity index (χ1v) is 33.5. The third-order valence-corrected chi connectivity index (χ3v) is 12.5. The van der Waals surface area contributed by atoms with Crippen molar-refractivity contribution in [3.05, 3.63) is 226 Å². The molecule has 6 N–H and O–H groups in total. The van der Waals surface area contributed by atoms with Crippen molar-refractivity contribution in [1.82, 2.24) is 59.8 Å². The summed E-state index contributed by atoms with van der Waals surface area (Å²) in [5.41, 5.74) is 9.66. The summed E-state index contributed by atoms with van der Waals surface area (Å²) >= 11 is 31.3. The van der Waals surface area contributed by atoms with Gasteiger partial charge in [0.1, 0.15) is 0 Å². The molecule has 12 aromatic rings. The van der Waals surface area contributed by atoms with E-state index in [0.29, 0.717) is 66.2 Å². The molecular weight excluding hydrogens is 1410 g/mol. The summed E-state index contributed by atoms with van der Waals surface area (Å²) in [7, 11) is 0. The number of hydrogen-bond donors (Lipinski definition) is 5. The quantitative estimate of drug-likeness (QED) is 0.0482. The topological polar surface area (TPSA) is 417 Å². The first kappa shape index (κ1) is 75.6. The van der Waals surface area contributed by atoms with E-state index in [0.717, 1.165) is 0 Å². The summed E-state index contributed by atoms with van der Waals surface area (Å²) in [5.74, 6) is -4.49. The maximum Gasteiger partial charge on any atom is 0.362 e. The van der Waals surface area contributed by atoms with Crippen LogP contribution in [0.5, 0.6) is 0 Å². The Morgan fingerprint density at radius 1 is 0.371 bits per heavy atom. The van der Waals surface area contributed by atoms with Gasteiger partial charge in [-0.3, -0.25) is 23.7 Å². The van der Waals surface area contributed by atoms with Crippen molar-refractivity contribution < 1.29 is 57.4 Å². The fourth-order valence-electron chi connectivity index (χ4n) is 7.66. The highest BCUT2D eigenvalue weighted by molar-refractivity contribution is 8.24. The van der Waals surface area contributed by atoms with Gasteiger partial charge in [0.2, 0.25) is 17.1 Å². The van der Waals surface area contributed by atoms with Gasteiger partial charge in [-0.2, -0.15) is 0 Å². The van der Waals surface area contributed by atoms with Crippen molar-refractivity contribution in [2.24, 2.45) is 5.73 Å². The Hall–Kier alpha value is -10.5. The first-order chi connectivity index (χ1) is 46.2. The molecule has 1 amide bonds. The van der Waals surface area contributed by atoms with Crippen LogP contribution in [-0.2, 0) is 23.5 Å². The number of aromatic amines is 3. The first-order valence-electron chi connectivity index (χ1n) is 27.9. The third kappa shape index (κ3) is 22.3. The highest BCUT2D eigenvalue weighted by Crippen LogP contribution is 2.61. The van der Waals surface area contributed by atoms with Crippen LogP contribution in [0.25, 0.3) is 66.2 Å². The van der Waals surface area contributed by atoms with Crippen molar-refractivity contribution in [2.45, 2.75) is 27.7 Å². The van der Waals surface area contributed by atoms with Gasteiger partial charge < -0.3 is 44.7 Å². The number of H-pyrrole nitrogens is 3. The zero-order valence-electron chi connectivity index (χ0n) is 50.7. The number of amides is 1. The van der Waals surface area contributed by atoms with E-state index in [1.807, 2.05) is 30.3 Å². The molecule has 0 aliphatic heterocycles. The van der Waals surface area contributed by atoms with Crippen molar-refractivity contribution in [3.63, 3.8) is 0 Å². The van der Waals surface area contributed by atoms with Gasteiger partial charge in [-0.15, -0.1) is 0 Å². The van der Waals surface area contributed by atoms with Gasteiger partial charge in [0.05, 0.1) is 92.6 Å². The molecule has 6 heterocycles. The number of halogens is 6. The van der Waals surface area contributed by atoms with Crippen LogP contribution in [0.2, 0.25) is 15.5 Å². The summed E-state index contributed by atoms with van der Waals surface area (Å²) in [6.07, 6.45) is 0. The van der Waals surface area contributed by atoms with E-state index in [1.165, 1.54) is 0 Å². The number of carbonyl (C=O) groups is 6. The normalized spacial score (nSPS) is 10.4. The van der Waals surface area contributed by atoms with Gasteiger partial charge in [0.25, 0.3) is 22.6 Å². The monoisotopic (exact) mass is 1460 g/mol. The minimum absolute atomic E-state index is 0.00497. The lowest BCUT2D eigenvalue weighted by atomic mass is 10.3. The Balaban J connectivity index is 0.000000181. The number of nitrogens with two attached hydrogens (primary N) is 1. The molecule has 500 valence electrons. The molecule has 0 bridgehead atoms. The van der Waals surface area contributed by atoms with E-state index >= 15 is 0 Å². The van der Waals surface area contributed by atoms with Gasteiger partial charge >= 0.3 is 35.0 Å². The van der Waals surface area contributed by atoms with Crippen LogP contribution >= 0.6 is 73.7 Å². The molecule has 0 aliphatic rings. The largest absolute Gasteiger partial charge is 0.476 e. The lowest BCUT2D eigenvalue weighted by Crippen LogP contribution is -2.21. The fraction of sp³-hybridized carbons (Fsp3) is 0.129. The highest BCUT2D eigenvalue weighted by Gasteiger charge is 2.19. The van der Waals surface area contributed by atoms with Crippen LogP contribution in [0, 0.1) is 0 Å². The zero-order chi connectivity index (χ0) is 70.9. The number of esters is 4. The van der Waals surface area contributed by atoms with Crippen molar-refractivity contribution >= 4 is 176 Å². The number of fused-ring (bicyclic) bond motifs is 6. The molecule has 28 nitrogen and oxygen atoms in total. The molecule has 0 aliphatic carbocycles. The van der Waals surface area contributed by atoms with Gasteiger partial charge in [-0.25, -0.2) is 68.8 Å². The fourth-order valence-corrected chi connectivity index (χ4v) is 8.31. The molecule has 12 rings (SSSR count). The third-order valence-electron chi connectivity index (χ3n) is 11.7. The number of hydrogen-bond acceptors (Lipinski definition) is 23. The molecule has 0 radical (unpaired) electrons. The van der Waals surface area contributed by atoms with Crippen molar-refractivity contribution in [3.8, 4) is 0 Å². The molecule has 0 unspecified atom stereocenters. The van der Waals surface area contributed by atoms with Gasteiger partial charge in [-0.05, 0) is 134 Å². The number of benzene rings is 6. The Morgan fingerprint density at radius 3 is 0.845 bits per heavy atom. The number of nitrogens with zero attached hydrogens (tertiary/aromatic N) is 9. The number of rotatable bonds is 10. The maximum atomic E-state index is 11.5. The Bertz CT molecular complexity index is 4910. The number of nitrogens with one attached hydrogen (secondary N) is 3. The molecule has 0 fully saturated rings. The number of aromatic carboxylic acids is 1. The van der Waals surface area contributed by atoms with Crippen molar-refractivity contribution in [1.29, 1.82) is 0 Å². The van der Waals surface area contributed by atoms with E-state index in [2.05, 4.69) is 93.5 Å². The smallest absolute Gasteiger partial charge is 0.362 e. The second-order valence-electron chi connectivity index (χ2n) is 18.3. The summed E-state index contributed by atoms with van der Waals surface area (Å²) in [6, 6.07) is 42.3. The van der Waals surface area contributed by atoms with Gasteiger partial charge in [-0.1, -0.05) is 108 Å². The number of para-hydroxylation sites is 12. The van der Waals surface area contributed by atoms with E-state index in [1.54, 1.807) is 143 Å². The summed E-state index contributed by atoms with van der Waals surface area (Å²) in [4.78, 5) is 145. The second kappa shape index (κ2) is 36.4. The Kier molecular flexibility index (Phi) is 28.4. The van der Waals surface area contributed by atoms with Crippen LogP contribution < -0.4 is 22.4 Å². The molecule has 0 saturated heterocycles. The van der Waals surface area contributed by atoms with E-state index in [-0.39, 0.29) is 70.4 Å². The maximum absolute atomic E-state index is 11.5.